The van der Waals surface area contributed by atoms with E-state index in [9.17, 15) is 5.11 Å². The maximum atomic E-state index is 10.5. The smallest absolute Gasteiger partial charge is 0.189 e. The molecule has 4 aromatic rings. The van der Waals surface area contributed by atoms with Crippen molar-refractivity contribution >= 4 is 26.9 Å². The van der Waals surface area contributed by atoms with Crippen molar-refractivity contribution in [3.05, 3.63) is 30.6 Å². The van der Waals surface area contributed by atoms with E-state index >= 15 is 0 Å². The van der Waals surface area contributed by atoms with E-state index in [1.807, 2.05) is 12.1 Å². The Labute approximate surface area is 165 Å². The Morgan fingerprint density at radius 3 is 2.75 bits per heavy atom. The Kier molecular flexibility index (Phi) is 4.25. The van der Waals surface area contributed by atoms with Gasteiger partial charge in [0.15, 0.2) is 15.6 Å². The van der Waals surface area contributed by atoms with Crippen LogP contribution in [0.4, 0.5) is 5.13 Å². The molecule has 0 bridgehead atoms. The largest absolute Gasteiger partial charge is 0.507 e. The highest BCUT2D eigenvalue weighted by molar-refractivity contribution is 7.21. The van der Waals surface area contributed by atoms with E-state index in [0.29, 0.717) is 17.4 Å². The van der Waals surface area contributed by atoms with Crippen molar-refractivity contribution in [1.82, 2.24) is 30.5 Å². The van der Waals surface area contributed by atoms with Crippen molar-refractivity contribution in [1.29, 1.82) is 0 Å². The molecule has 1 aliphatic heterocycles. The van der Waals surface area contributed by atoms with Gasteiger partial charge in [0.2, 0.25) is 0 Å². The molecule has 3 aromatic heterocycles. The van der Waals surface area contributed by atoms with Crippen LogP contribution in [0.5, 0.6) is 5.75 Å². The lowest BCUT2D eigenvalue weighted by molar-refractivity contribution is 0.443. The molecule has 5 rings (SSSR count). The highest BCUT2D eigenvalue weighted by atomic mass is 32.1. The Hall–Kier alpha value is -2.91. The topological polar surface area (TPSA) is 106 Å². The van der Waals surface area contributed by atoms with Crippen molar-refractivity contribution in [2.24, 2.45) is 0 Å². The number of imidazole rings is 1. The SMILES string of the molecule is CN(c1nc2[nH]c(-c3ccc(-c4cn[nH]c4)cc3O)nc2s1)C1CCNCC1. The summed E-state index contributed by atoms with van der Waals surface area (Å²) in [6, 6.07) is 6.04. The predicted molar refractivity (Wildman–Crippen MR) is 111 cm³/mol. The van der Waals surface area contributed by atoms with Gasteiger partial charge >= 0.3 is 0 Å². The molecule has 1 aromatic carbocycles. The molecule has 0 unspecified atom stereocenters. The fourth-order valence-electron chi connectivity index (χ4n) is 3.65. The first kappa shape index (κ1) is 17.2. The van der Waals surface area contributed by atoms with Crippen molar-refractivity contribution in [2.45, 2.75) is 18.9 Å². The molecule has 4 N–H and O–H groups in total. The third kappa shape index (κ3) is 3.02. The second-order valence-electron chi connectivity index (χ2n) is 7.05. The summed E-state index contributed by atoms with van der Waals surface area (Å²) >= 11 is 1.58. The Morgan fingerprint density at radius 2 is 2.04 bits per heavy atom. The molecule has 1 saturated heterocycles. The van der Waals surface area contributed by atoms with Crippen LogP contribution < -0.4 is 10.2 Å². The lowest BCUT2D eigenvalue weighted by Gasteiger charge is -2.31. The normalized spacial score (nSPS) is 15.3. The van der Waals surface area contributed by atoms with Gasteiger partial charge in [-0.2, -0.15) is 5.10 Å². The number of benzene rings is 1. The quantitative estimate of drug-likeness (QED) is 0.423. The maximum absolute atomic E-state index is 10.5. The fourth-order valence-corrected chi connectivity index (χ4v) is 4.58. The molecule has 0 amide bonds. The van der Waals surface area contributed by atoms with Gasteiger partial charge < -0.3 is 20.3 Å². The molecule has 0 saturated carbocycles. The molecule has 144 valence electrons. The van der Waals surface area contributed by atoms with Crippen LogP contribution in [0.3, 0.4) is 0 Å². The minimum Gasteiger partial charge on any atom is -0.507 e. The van der Waals surface area contributed by atoms with Gasteiger partial charge in [0.25, 0.3) is 0 Å². The van der Waals surface area contributed by atoms with Crippen molar-refractivity contribution < 1.29 is 5.11 Å². The average molecular weight is 395 g/mol. The second kappa shape index (κ2) is 6.92. The highest BCUT2D eigenvalue weighted by Crippen LogP contribution is 2.35. The van der Waals surface area contributed by atoms with Crippen molar-refractivity contribution in [3.8, 4) is 28.3 Å². The van der Waals surface area contributed by atoms with E-state index in [-0.39, 0.29) is 5.75 Å². The summed E-state index contributed by atoms with van der Waals surface area (Å²) < 4.78 is 0. The third-order valence-corrected chi connectivity index (χ3v) is 6.33. The molecule has 28 heavy (non-hydrogen) atoms. The van der Waals surface area contributed by atoms with Gasteiger partial charge in [0.05, 0.1) is 11.8 Å². The minimum absolute atomic E-state index is 0.173. The van der Waals surface area contributed by atoms with E-state index in [0.717, 1.165) is 52.7 Å². The van der Waals surface area contributed by atoms with E-state index in [2.05, 4.69) is 37.4 Å². The first-order valence-corrected chi connectivity index (χ1v) is 10.1. The first-order chi connectivity index (χ1) is 13.7. The van der Waals surface area contributed by atoms with Crippen LogP contribution in [0.1, 0.15) is 12.8 Å². The van der Waals surface area contributed by atoms with Crippen molar-refractivity contribution in [2.75, 3.05) is 25.0 Å². The summed E-state index contributed by atoms with van der Waals surface area (Å²) in [4.78, 5) is 15.8. The number of piperidine rings is 1. The molecule has 1 aliphatic rings. The Balaban J connectivity index is 1.42. The Bertz CT molecular complexity index is 1060. The number of hydrogen-bond acceptors (Lipinski definition) is 7. The molecular formula is C19H21N7OS. The summed E-state index contributed by atoms with van der Waals surface area (Å²) in [5.41, 5.74) is 3.24. The minimum atomic E-state index is 0.173. The van der Waals surface area contributed by atoms with Crippen LogP contribution in [0.25, 0.3) is 33.0 Å². The Morgan fingerprint density at radius 1 is 1.18 bits per heavy atom. The van der Waals surface area contributed by atoms with Gasteiger partial charge in [-0.05, 0) is 43.6 Å². The number of fused-ring (bicyclic) bond motifs is 1. The van der Waals surface area contributed by atoms with Gasteiger partial charge in [0, 0.05) is 24.8 Å². The number of phenolic OH excluding ortho intramolecular Hbond substituents is 1. The summed E-state index contributed by atoms with van der Waals surface area (Å²) in [6.45, 7) is 2.10. The number of phenols is 1. The van der Waals surface area contributed by atoms with E-state index < -0.39 is 0 Å². The molecule has 0 aliphatic carbocycles. The standard InChI is InChI=1S/C19H21N7OS/c1-26(13-4-6-20-7-5-13)19-25-17-18(28-19)24-16(23-17)14-3-2-11(8-15(14)27)12-9-21-22-10-12/h2-3,8-10,13,20,27H,4-7H2,1H3,(H,21,22)(H,23,24). The molecule has 4 heterocycles. The summed E-state index contributed by atoms with van der Waals surface area (Å²) in [5.74, 6) is 0.799. The number of aromatic hydroxyl groups is 1. The van der Waals surface area contributed by atoms with E-state index in [4.69, 9.17) is 4.98 Å². The lowest BCUT2D eigenvalue weighted by atomic mass is 10.1. The second-order valence-corrected chi connectivity index (χ2v) is 8.00. The zero-order valence-electron chi connectivity index (χ0n) is 15.4. The number of hydrogen-bond donors (Lipinski definition) is 4. The van der Waals surface area contributed by atoms with Crippen LogP contribution >= 0.6 is 11.3 Å². The highest BCUT2D eigenvalue weighted by Gasteiger charge is 2.22. The van der Waals surface area contributed by atoms with Crippen LogP contribution in [-0.2, 0) is 0 Å². The zero-order chi connectivity index (χ0) is 19.1. The monoisotopic (exact) mass is 395 g/mol. The average Bonchev–Trinajstić information content (AvgIpc) is 3.44. The molecule has 1 fully saturated rings. The molecule has 0 radical (unpaired) electrons. The zero-order valence-corrected chi connectivity index (χ0v) is 16.3. The number of anilines is 1. The van der Waals surface area contributed by atoms with Crippen LogP contribution in [-0.4, -0.2) is 56.4 Å². The summed E-state index contributed by atoms with van der Waals surface area (Å²) in [6.07, 6.45) is 5.77. The van der Waals surface area contributed by atoms with E-state index in [1.165, 1.54) is 0 Å². The number of nitrogens with one attached hydrogen (secondary N) is 3. The van der Waals surface area contributed by atoms with Gasteiger partial charge in [-0.3, -0.25) is 5.10 Å². The van der Waals surface area contributed by atoms with Crippen LogP contribution in [0, 0.1) is 0 Å². The number of nitrogens with zero attached hydrogens (tertiary/aromatic N) is 4. The number of H-pyrrole nitrogens is 2. The number of aromatic nitrogens is 5. The van der Waals surface area contributed by atoms with Gasteiger partial charge in [-0.15, -0.1) is 0 Å². The lowest BCUT2D eigenvalue weighted by Crippen LogP contribution is -2.41. The van der Waals surface area contributed by atoms with E-state index in [1.54, 1.807) is 29.8 Å². The maximum Gasteiger partial charge on any atom is 0.189 e. The molecular weight excluding hydrogens is 374 g/mol. The molecule has 8 nitrogen and oxygen atoms in total. The van der Waals surface area contributed by atoms with Crippen LogP contribution in [0.15, 0.2) is 30.6 Å². The van der Waals surface area contributed by atoms with Crippen molar-refractivity contribution in [3.63, 3.8) is 0 Å². The van der Waals surface area contributed by atoms with Crippen LogP contribution in [0.2, 0.25) is 0 Å². The van der Waals surface area contributed by atoms with Gasteiger partial charge in [0.1, 0.15) is 11.6 Å². The summed E-state index contributed by atoms with van der Waals surface area (Å²) in [7, 11) is 2.11. The molecule has 0 atom stereocenters. The first-order valence-electron chi connectivity index (χ1n) is 9.31. The molecule has 9 heteroatoms. The summed E-state index contributed by atoms with van der Waals surface area (Å²) in [5, 5.41) is 21.6. The predicted octanol–water partition coefficient (Wildman–Crippen LogP) is 2.97. The number of rotatable bonds is 4. The molecule has 0 spiro atoms. The number of aromatic amines is 2. The number of thiazole rings is 1. The fraction of sp³-hybridized carbons (Fsp3) is 0.316. The third-order valence-electron chi connectivity index (χ3n) is 5.29. The van der Waals surface area contributed by atoms with Gasteiger partial charge in [-0.1, -0.05) is 17.4 Å². The van der Waals surface area contributed by atoms with Gasteiger partial charge in [-0.25, -0.2) is 9.97 Å².